The van der Waals surface area contributed by atoms with Gasteiger partial charge in [-0.2, -0.15) is 11.3 Å². The minimum atomic E-state index is -0.750. The molecule has 1 fully saturated rings. The van der Waals surface area contributed by atoms with Gasteiger partial charge >= 0.3 is 0 Å². The molecule has 2 rings (SSSR count). The van der Waals surface area contributed by atoms with Gasteiger partial charge in [0, 0.05) is 12.0 Å². The van der Waals surface area contributed by atoms with E-state index in [1.54, 1.807) is 11.3 Å². The van der Waals surface area contributed by atoms with Gasteiger partial charge in [0.15, 0.2) is 0 Å². The molecule has 1 aromatic heterocycles. The van der Waals surface area contributed by atoms with Gasteiger partial charge in [-0.25, -0.2) is 0 Å². The molecule has 1 aliphatic carbocycles. The minimum Gasteiger partial charge on any atom is -0.385 e. The maximum atomic E-state index is 10.6. The van der Waals surface area contributed by atoms with Gasteiger partial charge in [-0.15, -0.1) is 0 Å². The molecule has 1 heterocycles. The summed E-state index contributed by atoms with van der Waals surface area (Å²) in [7, 11) is 0. The third-order valence-corrected chi connectivity index (χ3v) is 4.50. The van der Waals surface area contributed by atoms with Crippen LogP contribution in [0, 0.1) is 5.41 Å². The van der Waals surface area contributed by atoms with Crippen LogP contribution in [0.5, 0.6) is 0 Å². The van der Waals surface area contributed by atoms with E-state index in [9.17, 15) is 5.11 Å². The molecule has 0 aliphatic heterocycles. The van der Waals surface area contributed by atoms with Crippen molar-refractivity contribution in [1.29, 1.82) is 0 Å². The van der Waals surface area contributed by atoms with Gasteiger partial charge in [-0.1, -0.05) is 6.42 Å². The van der Waals surface area contributed by atoms with E-state index < -0.39 is 5.60 Å². The number of hydrogen-bond acceptors (Lipinski definition) is 3. The Hall–Kier alpha value is -0.380. The maximum Gasteiger partial charge on any atom is 0.0944 e. The van der Waals surface area contributed by atoms with E-state index >= 15 is 0 Å². The smallest absolute Gasteiger partial charge is 0.0944 e. The molecule has 2 nitrogen and oxygen atoms in total. The highest BCUT2D eigenvalue weighted by molar-refractivity contribution is 7.08. The third-order valence-electron chi connectivity index (χ3n) is 3.82. The number of nitrogens with two attached hydrogens (primary N) is 1. The highest BCUT2D eigenvalue weighted by atomic mass is 32.1. The Kier molecular flexibility index (Phi) is 2.41. The van der Waals surface area contributed by atoms with Crippen molar-refractivity contribution in [1.82, 2.24) is 0 Å². The van der Waals surface area contributed by atoms with Crippen molar-refractivity contribution in [2.75, 3.05) is 6.54 Å². The summed E-state index contributed by atoms with van der Waals surface area (Å²) >= 11 is 1.63. The molecule has 0 amide bonds. The quantitative estimate of drug-likeness (QED) is 0.804. The zero-order valence-electron chi connectivity index (χ0n) is 8.49. The first-order chi connectivity index (χ1) is 6.62. The Morgan fingerprint density at radius 2 is 2.36 bits per heavy atom. The molecule has 1 unspecified atom stereocenters. The summed E-state index contributed by atoms with van der Waals surface area (Å²) < 4.78 is 0. The first-order valence-electron chi connectivity index (χ1n) is 5.07. The lowest BCUT2D eigenvalue weighted by atomic mass is 9.57. The van der Waals surface area contributed by atoms with Gasteiger partial charge in [0.25, 0.3) is 0 Å². The van der Waals surface area contributed by atoms with Gasteiger partial charge in [0.1, 0.15) is 0 Å². The van der Waals surface area contributed by atoms with Gasteiger partial charge in [0.2, 0.25) is 0 Å². The third kappa shape index (κ3) is 1.23. The first-order valence-corrected chi connectivity index (χ1v) is 6.02. The van der Waals surface area contributed by atoms with Gasteiger partial charge in [0.05, 0.1) is 5.60 Å². The number of thiophene rings is 1. The van der Waals surface area contributed by atoms with E-state index in [-0.39, 0.29) is 5.41 Å². The van der Waals surface area contributed by atoms with Crippen LogP contribution in [0.3, 0.4) is 0 Å². The number of hydrogen-bond donors (Lipinski definition) is 2. The number of aliphatic hydroxyl groups is 1. The average molecular weight is 211 g/mol. The van der Waals surface area contributed by atoms with Crippen LogP contribution in [-0.4, -0.2) is 11.7 Å². The Balaban J connectivity index is 2.31. The van der Waals surface area contributed by atoms with Crippen molar-refractivity contribution >= 4 is 11.3 Å². The fraction of sp³-hybridized carbons (Fsp3) is 0.636. The van der Waals surface area contributed by atoms with E-state index in [4.69, 9.17) is 5.73 Å². The fourth-order valence-corrected chi connectivity index (χ4v) is 3.10. The first kappa shape index (κ1) is 10.1. The minimum absolute atomic E-state index is 0.0753. The second kappa shape index (κ2) is 3.33. The van der Waals surface area contributed by atoms with Gasteiger partial charge in [-0.3, -0.25) is 0 Å². The predicted octanol–water partition coefficient (Wildman–Crippen LogP) is 2.08. The van der Waals surface area contributed by atoms with Crippen LogP contribution in [0.1, 0.15) is 31.7 Å². The molecule has 14 heavy (non-hydrogen) atoms. The molecule has 0 saturated heterocycles. The Morgan fingerprint density at radius 3 is 2.71 bits per heavy atom. The van der Waals surface area contributed by atoms with E-state index in [1.165, 1.54) is 6.42 Å². The van der Waals surface area contributed by atoms with E-state index in [0.29, 0.717) is 6.54 Å². The van der Waals surface area contributed by atoms with Crippen molar-refractivity contribution in [2.45, 2.75) is 31.8 Å². The highest BCUT2D eigenvalue weighted by Gasteiger charge is 2.51. The maximum absolute atomic E-state index is 10.6. The van der Waals surface area contributed by atoms with Crippen molar-refractivity contribution < 1.29 is 5.11 Å². The second-order valence-electron chi connectivity index (χ2n) is 4.42. The molecule has 3 N–H and O–H groups in total. The van der Waals surface area contributed by atoms with Crippen molar-refractivity contribution in [3.63, 3.8) is 0 Å². The van der Waals surface area contributed by atoms with E-state index in [2.05, 4.69) is 0 Å². The molecule has 1 atom stereocenters. The summed E-state index contributed by atoms with van der Waals surface area (Å²) in [4.78, 5) is 0. The molecule has 78 valence electrons. The van der Waals surface area contributed by atoms with E-state index in [1.807, 2.05) is 23.8 Å². The molecule has 1 aromatic rings. The Morgan fingerprint density at radius 1 is 1.64 bits per heavy atom. The summed E-state index contributed by atoms with van der Waals surface area (Å²) in [5.41, 5.74) is 6.00. The highest BCUT2D eigenvalue weighted by Crippen LogP contribution is 2.53. The molecular formula is C11H17NOS. The van der Waals surface area contributed by atoms with Crippen LogP contribution in [0.4, 0.5) is 0 Å². The molecule has 3 heteroatoms. The Bertz CT molecular complexity index is 296. The van der Waals surface area contributed by atoms with Gasteiger partial charge < -0.3 is 10.8 Å². The summed E-state index contributed by atoms with van der Waals surface area (Å²) in [6, 6.07) is 2.00. The molecule has 0 aromatic carbocycles. The van der Waals surface area contributed by atoms with Crippen molar-refractivity contribution in [2.24, 2.45) is 11.1 Å². The molecule has 0 bridgehead atoms. The Labute approximate surface area is 88.8 Å². The second-order valence-corrected chi connectivity index (χ2v) is 5.20. The van der Waals surface area contributed by atoms with Crippen LogP contribution in [0.15, 0.2) is 16.8 Å². The monoisotopic (exact) mass is 211 g/mol. The van der Waals surface area contributed by atoms with Crippen LogP contribution >= 0.6 is 11.3 Å². The molecule has 0 spiro atoms. The normalized spacial score (nSPS) is 23.9. The lowest BCUT2D eigenvalue weighted by molar-refractivity contribution is -0.116. The standard InChI is InChI=1S/C11H17NOS/c1-10(13,9-3-6-14-7-9)11(8-12)4-2-5-11/h3,6-7,13H,2,4-5,8,12H2,1H3. The largest absolute Gasteiger partial charge is 0.385 e. The molecule has 1 saturated carbocycles. The SMILES string of the molecule is CC(O)(c1ccsc1)C1(CN)CCC1. The van der Waals surface area contributed by atoms with Crippen LogP contribution in [0.25, 0.3) is 0 Å². The van der Waals surface area contributed by atoms with Crippen LogP contribution < -0.4 is 5.73 Å². The summed E-state index contributed by atoms with van der Waals surface area (Å²) in [5, 5.41) is 14.6. The van der Waals surface area contributed by atoms with Crippen LogP contribution in [0.2, 0.25) is 0 Å². The van der Waals surface area contributed by atoms with Crippen molar-refractivity contribution in [3.8, 4) is 0 Å². The summed E-state index contributed by atoms with van der Waals surface area (Å²) in [6.07, 6.45) is 3.29. The zero-order chi connectivity index (χ0) is 10.2. The topological polar surface area (TPSA) is 46.2 Å². The summed E-state index contributed by atoms with van der Waals surface area (Å²) in [5.74, 6) is 0. The zero-order valence-corrected chi connectivity index (χ0v) is 9.31. The summed E-state index contributed by atoms with van der Waals surface area (Å²) in [6.45, 7) is 2.48. The van der Waals surface area contributed by atoms with Gasteiger partial charge in [-0.05, 0) is 42.2 Å². The number of rotatable bonds is 3. The average Bonchev–Trinajstić information content (AvgIpc) is 2.53. The lowest BCUT2D eigenvalue weighted by Crippen LogP contribution is -2.52. The molecular weight excluding hydrogens is 194 g/mol. The lowest BCUT2D eigenvalue weighted by Gasteiger charge is -2.51. The fourth-order valence-electron chi connectivity index (χ4n) is 2.34. The molecule has 1 aliphatic rings. The molecule has 0 radical (unpaired) electrons. The van der Waals surface area contributed by atoms with Crippen LogP contribution in [-0.2, 0) is 5.60 Å². The predicted molar refractivity (Wildman–Crippen MR) is 59.2 cm³/mol. The van der Waals surface area contributed by atoms with E-state index in [0.717, 1.165) is 18.4 Å². The van der Waals surface area contributed by atoms with Crippen molar-refractivity contribution in [3.05, 3.63) is 22.4 Å².